The van der Waals surface area contributed by atoms with Gasteiger partial charge in [0.15, 0.2) is 0 Å². The van der Waals surface area contributed by atoms with E-state index in [9.17, 15) is 5.11 Å². The van der Waals surface area contributed by atoms with E-state index < -0.39 is 5.60 Å². The summed E-state index contributed by atoms with van der Waals surface area (Å²) in [4.78, 5) is 2.20. The summed E-state index contributed by atoms with van der Waals surface area (Å²) in [6.45, 7) is 5.50. The van der Waals surface area contributed by atoms with Gasteiger partial charge in [0.05, 0.1) is 5.60 Å². The molecule has 1 N–H and O–H groups in total. The Balaban J connectivity index is 2.12. The monoisotopic (exact) mass is 235 g/mol. The maximum atomic E-state index is 9.68. The molecule has 17 heavy (non-hydrogen) atoms. The average molecular weight is 235 g/mol. The average Bonchev–Trinajstić information content (AvgIpc) is 2.23. The highest BCUT2D eigenvalue weighted by atomic mass is 16.3. The number of rotatable bonds is 7. The van der Waals surface area contributed by atoms with Crippen molar-refractivity contribution in [3.05, 3.63) is 35.9 Å². The van der Waals surface area contributed by atoms with Crippen LogP contribution < -0.4 is 0 Å². The molecule has 0 aliphatic heterocycles. The van der Waals surface area contributed by atoms with Gasteiger partial charge in [-0.1, -0.05) is 30.3 Å². The van der Waals surface area contributed by atoms with Crippen LogP contribution in [-0.4, -0.2) is 35.7 Å². The quantitative estimate of drug-likeness (QED) is 0.735. The zero-order valence-corrected chi connectivity index (χ0v) is 11.3. The van der Waals surface area contributed by atoms with E-state index in [0.29, 0.717) is 0 Å². The zero-order chi connectivity index (χ0) is 12.7. The summed E-state index contributed by atoms with van der Waals surface area (Å²) in [7, 11) is 2.07. The predicted octanol–water partition coefficient (Wildman–Crippen LogP) is 2.71. The van der Waals surface area contributed by atoms with E-state index in [1.807, 2.05) is 13.8 Å². The van der Waals surface area contributed by atoms with Gasteiger partial charge in [0.1, 0.15) is 0 Å². The maximum Gasteiger partial charge on any atom is 0.0718 e. The molecule has 96 valence electrons. The Morgan fingerprint density at radius 2 is 1.76 bits per heavy atom. The molecule has 0 aromatic heterocycles. The number of unbranched alkanes of at least 4 members (excludes halogenated alkanes) is 1. The van der Waals surface area contributed by atoms with Gasteiger partial charge in [0, 0.05) is 6.54 Å². The number of benzene rings is 1. The second kappa shape index (κ2) is 6.77. The second-order valence-electron chi connectivity index (χ2n) is 5.49. The van der Waals surface area contributed by atoms with Crippen LogP contribution >= 0.6 is 0 Å². The summed E-state index contributed by atoms with van der Waals surface area (Å²) in [5, 5.41) is 9.68. The molecule has 0 fully saturated rings. The van der Waals surface area contributed by atoms with E-state index in [0.717, 1.165) is 19.5 Å². The molecule has 0 saturated heterocycles. The van der Waals surface area contributed by atoms with Gasteiger partial charge in [-0.15, -0.1) is 0 Å². The van der Waals surface area contributed by atoms with Gasteiger partial charge in [0.2, 0.25) is 0 Å². The van der Waals surface area contributed by atoms with Gasteiger partial charge < -0.3 is 10.0 Å². The van der Waals surface area contributed by atoms with Crippen molar-refractivity contribution >= 4 is 0 Å². The van der Waals surface area contributed by atoms with Crippen LogP contribution in [0.1, 0.15) is 32.3 Å². The van der Waals surface area contributed by atoms with E-state index in [2.05, 4.69) is 42.3 Å². The first-order chi connectivity index (χ1) is 7.97. The zero-order valence-electron chi connectivity index (χ0n) is 11.3. The molecule has 0 aliphatic carbocycles. The van der Waals surface area contributed by atoms with Gasteiger partial charge in [-0.3, -0.25) is 0 Å². The number of likely N-dealkylation sites (N-methyl/N-ethyl adjacent to an activating group) is 1. The van der Waals surface area contributed by atoms with Gasteiger partial charge in [-0.2, -0.15) is 0 Å². The van der Waals surface area contributed by atoms with E-state index >= 15 is 0 Å². The fourth-order valence-corrected chi connectivity index (χ4v) is 2.10. The molecule has 0 amide bonds. The highest BCUT2D eigenvalue weighted by Crippen LogP contribution is 2.07. The van der Waals surface area contributed by atoms with Crippen LogP contribution in [-0.2, 0) is 6.42 Å². The third-order valence-corrected chi connectivity index (χ3v) is 2.75. The number of hydrogen-bond acceptors (Lipinski definition) is 2. The Morgan fingerprint density at radius 1 is 1.12 bits per heavy atom. The van der Waals surface area contributed by atoms with E-state index in [1.54, 1.807) is 0 Å². The summed E-state index contributed by atoms with van der Waals surface area (Å²) in [5.41, 5.74) is 0.825. The van der Waals surface area contributed by atoms with Crippen LogP contribution in [0, 0.1) is 0 Å². The Labute approximate surface area is 105 Å². The van der Waals surface area contributed by atoms with Crippen LogP contribution in [0.5, 0.6) is 0 Å². The van der Waals surface area contributed by atoms with Crippen molar-refractivity contribution in [2.75, 3.05) is 20.1 Å². The Morgan fingerprint density at radius 3 is 2.35 bits per heavy atom. The summed E-state index contributed by atoms with van der Waals surface area (Å²) in [5.74, 6) is 0. The fourth-order valence-electron chi connectivity index (χ4n) is 2.10. The molecule has 0 spiro atoms. The van der Waals surface area contributed by atoms with Crippen molar-refractivity contribution in [1.29, 1.82) is 0 Å². The number of aryl methyl sites for hydroxylation is 1. The minimum Gasteiger partial charge on any atom is -0.389 e. The number of hydrogen-bond donors (Lipinski definition) is 1. The molecule has 0 aliphatic rings. The Kier molecular flexibility index (Phi) is 5.66. The molecule has 0 atom stereocenters. The standard InChI is InChI=1S/C15H25NO/c1-15(2,17)13-16(3)12-8-7-11-14-9-5-4-6-10-14/h4-6,9-10,17H,7-8,11-13H2,1-3H3. The van der Waals surface area contributed by atoms with Crippen molar-refractivity contribution in [3.63, 3.8) is 0 Å². The molecule has 1 aromatic rings. The number of aliphatic hydroxyl groups is 1. The molecule has 2 heteroatoms. The van der Waals surface area contributed by atoms with Crippen molar-refractivity contribution in [1.82, 2.24) is 4.90 Å². The lowest BCUT2D eigenvalue weighted by molar-refractivity contribution is 0.0442. The predicted molar refractivity (Wildman–Crippen MR) is 73.2 cm³/mol. The first-order valence-electron chi connectivity index (χ1n) is 6.42. The van der Waals surface area contributed by atoms with Crippen molar-refractivity contribution < 1.29 is 5.11 Å². The molecular weight excluding hydrogens is 210 g/mol. The van der Waals surface area contributed by atoms with E-state index in [-0.39, 0.29) is 0 Å². The second-order valence-corrected chi connectivity index (χ2v) is 5.49. The Hall–Kier alpha value is -0.860. The van der Waals surface area contributed by atoms with Gasteiger partial charge in [0.25, 0.3) is 0 Å². The molecule has 0 radical (unpaired) electrons. The Bertz CT molecular complexity index is 302. The molecule has 2 nitrogen and oxygen atoms in total. The molecule has 1 rings (SSSR count). The van der Waals surface area contributed by atoms with Crippen LogP contribution in [0.4, 0.5) is 0 Å². The fraction of sp³-hybridized carbons (Fsp3) is 0.600. The SMILES string of the molecule is CN(CCCCc1ccccc1)CC(C)(C)O. The first kappa shape index (κ1) is 14.2. The first-order valence-corrected chi connectivity index (χ1v) is 6.42. The normalized spacial score (nSPS) is 12.1. The summed E-state index contributed by atoms with van der Waals surface area (Å²) < 4.78 is 0. The van der Waals surface area contributed by atoms with Gasteiger partial charge >= 0.3 is 0 Å². The maximum absolute atomic E-state index is 9.68. The third kappa shape index (κ3) is 7.14. The molecule has 0 heterocycles. The van der Waals surface area contributed by atoms with Gasteiger partial charge in [-0.05, 0) is 52.3 Å². The highest BCUT2D eigenvalue weighted by molar-refractivity contribution is 5.14. The smallest absolute Gasteiger partial charge is 0.0718 e. The summed E-state index contributed by atoms with van der Waals surface area (Å²) in [6, 6.07) is 10.6. The van der Waals surface area contributed by atoms with Crippen LogP contribution in [0.3, 0.4) is 0 Å². The lowest BCUT2D eigenvalue weighted by Crippen LogP contribution is -2.36. The lowest BCUT2D eigenvalue weighted by Gasteiger charge is -2.25. The molecular formula is C15H25NO. The number of nitrogens with zero attached hydrogens (tertiary/aromatic N) is 1. The summed E-state index contributed by atoms with van der Waals surface area (Å²) >= 11 is 0. The van der Waals surface area contributed by atoms with Crippen molar-refractivity contribution in [2.24, 2.45) is 0 Å². The molecule has 0 unspecified atom stereocenters. The largest absolute Gasteiger partial charge is 0.389 e. The van der Waals surface area contributed by atoms with Gasteiger partial charge in [-0.25, -0.2) is 0 Å². The van der Waals surface area contributed by atoms with Crippen LogP contribution in [0.25, 0.3) is 0 Å². The minimum atomic E-state index is -0.589. The summed E-state index contributed by atoms with van der Waals surface area (Å²) in [6.07, 6.45) is 3.54. The third-order valence-electron chi connectivity index (χ3n) is 2.75. The van der Waals surface area contributed by atoms with Crippen molar-refractivity contribution in [3.8, 4) is 0 Å². The molecule has 0 saturated carbocycles. The highest BCUT2D eigenvalue weighted by Gasteiger charge is 2.14. The minimum absolute atomic E-state index is 0.589. The van der Waals surface area contributed by atoms with E-state index in [1.165, 1.54) is 18.4 Å². The van der Waals surface area contributed by atoms with Crippen molar-refractivity contribution in [2.45, 2.75) is 38.7 Å². The van der Waals surface area contributed by atoms with Crippen LogP contribution in [0.15, 0.2) is 30.3 Å². The molecule has 0 bridgehead atoms. The van der Waals surface area contributed by atoms with E-state index in [4.69, 9.17) is 0 Å². The lowest BCUT2D eigenvalue weighted by atomic mass is 10.1. The topological polar surface area (TPSA) is 23.5 Å². The molecule has 1 aromatic carbocycles. The van der Waals surface area contributed by atoms with Crippen LogP contribution in [0.2, 0.25) is 0 Å².